The maximum absolute atomic E-state index is 12.3. The Morgan fingerprint density at radius 1 is 1.12 bits per heavy atom. The molecule has 1 N–H and O–H groups in total. The lowest BCUT2D eigenvalue weighted by atomic mass is 10.1. The van der Waals surface area contributed by atoms with Crippen LogP contribution in [0.3, 0.4) is 0 Å². The molecular weight excluding hydrogens is 338 g/mol. The summed E-state index contributed by atoms with van der Waals surface area (Å²) in [6.45, 7) is 1.71. The zero-order chi connectivity index (χ0) is 17.7. The van der Waals surface area contributed by atoms with Gasteiger partial charge in [-0.2, -0.15) is 0 Å². The Labute approximate surface area is 147 Å². The number of likely N-dealkylation sites (tertiary alicyclic amines) is 1. The minimum absolute atomic E-state index is 0.203. The minimum Gasteiger partial charge on any atom is -0.342 e. The Balaban J connectivity index is 1.57. The Bertz CT molecular complexity index is 820. The fraction of sp³-hybridized carbons (Fsp3) is 0.333. The van der Waals surface area contributed by atoms with Crippen LogP contribution in [0.15, 0.2) is 53.7 Å². The van der Waals surface area contributed by atoms with Crippen LogP contribution in [0.2, 0.25) is 0 Å². The van der Waals surface area contributed by atoms with Crippen molar-refractivity contribution in [1.82, 2.24) is 14.6 Å². The molecule has 2 heterocycles. The lowest BCUT2D eigenvalue weighted by Crippen LogP contribution is -2.27. The number of aromatic nitrogens is 1. The molecule has 1 fully saturated rings. The zero-order valence-electron chi connectivity index (χ0n) is 13.9. The predicted octanol–water partition coefficient (Wildman–Crippen LogP) is 1.72. The van der Waals surface area contributed by atoms with E-state index in [1.807, 2.05) is 11.0 Å². The van der Waals surface area contributed by atoms with Gasteiger partial charge in [0.25, 0.3) is 0 Å². The van der Waals surface area contributed by atoms with Crippen molar-refractivity contribution in [3.05, 3.63) is 59.9 Å². The van der Waals surface area contributed by atoms with Crippen LogP contribution in [0.1, 0.15) is 24.0 Å². The second kappa shape index (κ2) is 7.76. The summed E-state index contributed by atoms with van der Waals surface area (Å²) in [4.78, 5) is 17.7. The SMILES string of the molecule is O=C1CCCN1CCc1ccc(S(=O)(=O)NCc2cccnc2)cc1. The molecule has 25 heavy (non-hydrogen) atoms. The van der Waals surface area contributed by atoms with Crippen molar-refractivity contribution in [1.29, 1.82) is 0 Å². The largest absolute Gasteiger partial charge is 0.342 e. The van der Waals surface area contributed by atoms with Crippen LogP contribution >= 0.6 is 0 Å². The summed E-state index contributed by atoms with van der Waals surface area (Å²) in [5.74, 6) is 0.207. The zero-order valence-corrected chi connectivity index (χ0v) is 14.7. The van der Waals surface area contributed by atoms with Crippen LogP contribution in [-0.4, -0.2) is 37.3 Å². The molecule has 0 saturated carbocycles. The van der Waals surface area contributed by atoms with Crippen LogP contribution in [0, 0.1) is 0 Å². The molecule has 1 amide bonds. The highest BCUT2D eigenvalue weighted by atomic mass is 32.2. The average Bonchev–Trinajstić information content (AvgIpc) is 3.04. The molecule has 1 aromatic carbocycles. The third-order valence-corrected chi connectivity index (χ3v) is 5.68. The molecule has 1 aliphatic rings. The third-order valence-electron chi connectivity index (χ3n) is 4.26. The van der Waals surface area contributed by atoms with Gasteiger partial charge in [0.1, 0.15) is 0 Å². The molecule has 3 rings (SSSR count). The molecule has 0 atom stereocenters. The van der Waals surface area contributed by atoms with E-state index >= 15 is 0 Å². The van der Waals surface area contributed by atoms with Crippen molar-refractivity contribution in [2.45, 2.75) is 30.7 Å². The van der Waals surface area contributed by atoms with E-state index in [0.717, 1.165) is 30.5 Å². The number of carbonyl (C=O) groups excluding carboxylic acids is 1. The van der Waals surface area contributed by atoms with Gasteiger partial charge in [-0.05, 0) is 42.2 Å². The number of pyridine rings is 1. The van der Waals surface area contributed by atoms with Gasteiger partial charge in [-0.25, -0.2) is 13.1 Å². The van der Waals surface area contributed by atoms with E-state index in [1.54, 1.807) is 42.7 Å². The quantitative estimate of drug-likeness (QED) is 0.816. The number of amides is 1. The van der Waals surface area contributed by atoms with Crippen molar-refractivity contribution < 1.29 is 13.2 Å². The van der Waals surface area contributed by atoms with Crippen molar-refractivity contribution in [2.24, 2.45) is 0 Å². The third kappa shape index (κ3) is 4.64. The van der Waals surface area contributed by atoms with E-state index in [-0.39, 0.29) is 17.3 Å². The summed E-state index contributed by atoms with van der Waals surface area (Å²) in [6, 6.07) is 10.4. The summed E-state index contributed by atoms with van der Waals surface area (Å²) in [7, 11) is -3.56. The molecule has 7 heteroatoms. The van der Waals surface area contributed by atoms with Gasteiger partial charge >= 0.3 is 0 Å². The Kier molecular flexibility index (Phi) is 5.45. The van der Waals surface area contributed by atoms with Gasteiger partial charge in [0, 0.05) is 38.4 Å². The van der Waals surface area contributed by atoms with E-state index < -0.39 is 10.0 Å². The highest BCUT2D eigenvalue weighted by Crippen LogP contribution is 2.14. The molecular formula is C18H21N3O3S. The summed E-state index contributed by atoms with van der Waals surface area (Å²) in [6.07, 6.45) is 5.57. The van der Waals surface area contributed by atoms with E-state index in [2.05, 4.69) is 9.71 Å². The average molecular weight is 359 g/mol. The molecule has 1 saturated heterocycles. The normalized spacial score (nSPS) is 14.9. The highest BCUT2D eigenvalue weighted by molar-refractivity contribution is 7.89. The number of sulfonamides is 1. The molecule has 0 spiro atoms. The number of hydrogen-bond acceptors (Lipinski definition) is 4. The first-order valence-corrected chi connectivity index (χ1v) is 9.78. The van der Waals surface area contributed by atoms with Crippen LogP contribution < -0.4 is 4.72 Å². The van der Waals surface area contributed by atoms with E-state index in [0.29, 0.717) is 13.0 Å². The van der Waals surface area contributed by atoms with E-state index in [4.69, 9.17) is 0 Å². The monoisotopic (exact) mass is 359 g/mol. The number of nitrogens with zero attached hydrogens (tertiary/aromatic N) is 2. The van der Waals surface area contributed by atoms with Gasteiger partial charge in [-0.1, -0.05) is 18.2 Å². The number of carbonyl (C=O) groups is 1. The van der Waals surface area contributed by atoms with E-state index in [9.17, 15) is 13.2 Å². The molecule has 0 radical (unpaired) electrons. The first-order chi connectivity index (χ1) is 12.0. The maximum Gasteiger partial charge on any atom is 0.240 e. The fourth-order valence-electron chi connectivity index (χ4n) is 2.80. The van der Waals surface area contributed by atoms with Crippen molar-refractivity contribution in [2.75, 3.05) is 13.1 Å². The topological polar surface area (TPSA) is 79.4 Å². The molecule has 0 unspecified atom stereocenters. The van der Waals surface area contributed by atoms with Gasteiger partial charge < -0.3 is 4.90 Å². The summed E-state index contributed by atoms with van der Waals surface area (Å²) < 4.78 is 27.3. The molecule has 1 aliphatic heterocycles. The first kappa shape index (κ1) is 17.6. The lowest BCUT2D eigenvalue weighted by Gasteiger charge is -2.15. The Hall–Kier alpha value is -2.25. The Morgan fingerprint density at radius 3 is 2.56 bits per heavy atom. The summed E-state index contributed by atoms with van der Waals surface area (Å²) in [5.41, 5.74) is 1.82. The van der Waals surface area contributed by atoms with Gasteiger partial charge in [-0.15, -0.1) is 0 Å². The summed E-state index contributed by atoms with van der Waals surface area (Å²) in [5, 5.41) is 0. The molecule has 0 aliphatic carbocycles. The van der Waals surface area contributed by atoms with Gasteiger partial charge in [0.15, 0.2) is 0 Å². The highest BCUT2D eigenvalue weighted by Gasteiger charge is 2.19. The van der Waals surface area contributed by atoms with Crippen molar-refractivity contribution in [3.63, 3.8) is 0 Å². The van der Waals surface area contributed by atoms with Crippen LogP contribution in [0.25, 0.3) is 0 Å². The van der Waals surface area contributed by atoms with Crippen LogP contribution in [0.5, 0.6) is 0 Å². The minimum atomic E-state index is -3.56. The molecule has 2 aromatic rings. The molecule has 1 aromatic heterocycles. The molecule has 132 valence electrons. The number of nitrogens with one attached hydrogen (secondary N) is 1. The predicted molar refractivity (Wildman–Crippen MR) is 94.2 cm³/mol. The fourth-order valence-corrected chi connectivity index (χ4v) is 3.82. The second-order valence-electron chi connectivity index (χ2n) is 6.06. The smallest absolute Gasteiger partial charge is 0.240 e. The molecule has 6 nitrogen and oxygen atoms in total. The van der Waals surface area contributed by atoms with Crippen molar-refractivity contribution in [3.8, 4) is 0 Å². The van der Waals surface area contributed by atoms with Crippen LogP contribution in [-0.2, 0) is 27.8 Å². The standard InChI is InChI=1S/C18H21N3O3S/c22-18-4-2-11-21(18)12-9-15-5-7-17(8-6-15)25(23,24)20-14-16-3-1-10-19-13-16/h1,3,5-8,10,13,20H,2,4,9,11-12,14H2. The maximum atomic E-state index is 12.3. The summed E-state index contributed by atoms with van der Waals surface area (Å²) >= 11 is 0. The number of hydrogen-bond donors (Lipinski definition) is 1. The van der Waals surface area contributed by atoms with Gasteiger partial charge in [0.2, 0.25) is 15.9 Å². The first-order valence-electron chi connectivity index (χ1n) is 8.30. The van der Waals surface area contributed by atoms with Crippen LogP contribution in [0.4, 0.5) is 0 Å². The Morgan fingerprint density at radius 2 is 1.92 bits per heavy atom. The molecule has 0 bridgehead atoms. The lowest BCUT2D eigenvalue weighted by molar-refractivity contribution is -0.127. The number of benzene rings is 1. The van der Waals surface area contributed by atoms with Gasteiger partial charge in [0.05, 0.1) is 4.90 Å². The van der Waals surface area contributed by atoms with Gasteiger partial charge in [-0.3, -0.25) is 9.78 Å². The second-order valence-corrected chi connectivity index (χ2v) is 7.83. The van der Waals surface area contributed by atoms with Crippen molar-refractivity contribution >= 4 is 15.9 Å². The number of rotatable bonds is 7. The van der Waals surface area contributed by atoms with E-state index in [1.165, 1.54) is 0 Å².